The summed E-state index contributed by atoms with van der Waals surface area (Å²) in [7, 11) is 0. The molecule has 0 aliphatic heterocycles. The standard InChI is InChI=1S/C20H30N2O4/c1-14(2)10-17(12-23)21-19(24)18(11-15(3)4)22-20(25)26-13-16-8-6-5-7-9-16/h5-9,12,14-15,17-18H,10-11,13H2,1-4H3,(H,21,24)(H,22,25)/t17-,18+/m1/s1. The first kappa shape index (κ1) is 21.7. The van der Waals surface area contributed by atoms with Crippen LogP contribution in [-0.4, -0.2) is 30.4 Å². The van der Waals surface area contributed by atoms with Gasteiger partial charge < -0.3 is 20.2 Å². The first-order valence-electron chi connectivity index (χ1n) is 9.04. The second-order valence-corrected chi connectivity index (χ2v) is 7.27. The maximum absolute atomic E-state index is 12.5. The first-order chi connectivity index (χ1) is 12.3. The minimum Gasteiger partial charge on any atom is -0.445 e. The summed E-state index contributed by atoms with van der Waals surface area (Å²) in [4.78, 5) is 35.7. The molecule has 144 valence electrons. The average Bonchev–Trinajstić information content (AvgIpc) is 2.58. The molecule has 1 aromatic carbocycles. The van der Waals surface area contributed by atoms with Crippen molar-refractivity contribution in [3.05, 3.63) is 35.9 Å². The molecule has 2 N–H and O–H groups in total. The highest BCUT2D eigenvalue weighted by molar-refractivity contribution is 5.87. The van der Waals surface area contributed by atoms with Crippen molar-refractivity contribution in [3.8, 4) is 0 Å². The number of aldehydes is 1. The Hall–Kier alpha value is -2.37. The quantitative estimate of drug-likeness (QED) is 0.627. The molecule has 6 nitrogen and oxygen atoms in total. The Morgan fingerprint density at radius 3 is 2.15 bits per heavy atom. The van der Waals surface area contributed by atoms with Crippen LogP contribution in [0.25, 0.3) is 0 Å². The van der Waals surface area contributed by atoms with Crippen LogP contribution < -0.4 is 10.6 Å². The van der Waals surface area contributed by atoms with Gasteiger partial charge in [0.15, 0.2) is 0 Å². The zero-order valence-corrected chi connectivity index (χ0v) is 16.0. The Kier molecular flexibility index (Phi) is 9.41. The van der Waals surface area contributed by atoms with Gasteiger partial charge >= 0.3 is 6.09 Å². The van der Waals surface area contributed by atoms with Crippen molar-refractivity contribution in [3.63, 3.8) is 0 Å². The average molecular weight is 362 g/mol. The predicted octanol–water partition coefficient (Wildman–Crippen LogP) is 3.06. The number of amides is 2. The summed E-state index contributed by atoms with van der Waals surface area (Å²) in [6.45, 7) is 8.01. The number of ether oxygens (including phenoxy) is 1. The van der Waals surface area contributed by atoms with Gasteiger partial charge in [-0.1, -0.05) is 58.0 Å². The molecule has 0 aliphatic rings. The topological polar surface area (TPSA) is 84.5 Å². The number of alkyl carbamates (subject to hydrolysis) is 1. The molecule has 0 fully saturated rings. The summed E-state index contributed by atoms with van der Waals surface area (Å²) in [5, 5.41) is 5.32. The molecule has 0 spiro atoms. The van der Waals surface area contributed by atoms with Crippen molar-refractivity contribution in [2.75, 3.05) is 0 Å². The van der Waals surface area contributed by atoms with Gasteiger partial charge in [-0.15, -0.1) is 0 Å². The minimum absolute atomic E-state index is 0.132. The van der Waals surface area contributed by atoms with Crippen molar-refractivity contribution in [1.82, 2.24) is 10.6 Å². The molecule has 0 saturated carbocycles. The molecule has 6 heteroatoms. The van der Waals surface area contributed by atoms with Gasteiger partial charge in [-0.3, -0.25) is 4.79 Å². The normalized spacial score (nSPS) is 13.2. The summed E-state index contributed by atoms with van der Waals surface area (Å²) in [5.41, 5.74) is 0.866. The lowest BCUT2D eigenvalue weighted by Crippen LogP contribution is -2.50. The first-order valence-corrected chi connectivity index (χ1v) is 9.04. The lowest BCUT2D eigenvalue weighted by Gasteiger charge is -2.22. The van der Waals surface area contributed by atoms with Crippen molar-refractivity contribution in [2.45, 2.75) is 59.2 Å². The van der Waals surface area contributed by atoms with E-state index in [1.807, 2.05) is 58.0 Å². The molecule has 1 rings (SSSR count). The Morgan fingerprint density at radius 2 is 1.62 bits per heavy atom. The second kappa shape index (κ2) is 11.3. The second-order valence-electron chi connectivity index (χ2n) is 7.27. The highest BCUT2D eigenvalue weighted by atomic mass is 16.5. The largest absolute Gasteiger partial charge is 0.445 e. The summed E-state index contributed by atoms with van der Waals surface area (Å²) in [6, 6.07) is 8.01. The molecule has 26 heavy (non-hydrogen) atoms. The maximum atomic E-state index is 12.5. The lowest BCUT2D eigenvalue weighted by molar-refractivity contribution is -0.126. The third-order valence-electron chi connectivity index (χ3n) is 3.75. The van der Waals surface area contributed by atoms with Crippen LogP contribution in [-0.2, 0) is 20.9 Å². The molecule has 0 heterocycles. The molecule has 1 aromatic rings. The summed E-state index contributed by atoms with van der Waals surface area (Å²) >= 11 is 0. The van der Waals surface area contributed by atoms with Crippen molar-refractivity contribution in [1.29, 1.82) is 0 Å². The smallest absolute Gasteiger partial charge is 0.408 e. The molecule has 2 amide bonds. The molecular weight excluding hydrogens is 332 g/mol. The van der Waals surface area contributed by atoms with Gasteiger partial charge in [-0.05, 0) is 30.2 Å². The summed E-state index contributed by atoms with van der Waals surface area (Å²) in [6.07, 6.45) is 1.10. The van der Waals surface area contributed by atoms with E-state index in [9.17, 15) is 14.4 Å². The molecule has 0 aromatic heterocycles. The summed E-state index contributed by atoms with van der Waals surface area (Å²) < 4.78 is 5.19. The highest BCUT2D eigenvalue weighted by Gasteiger charge is 2.25. The number of benzene rings is 1. The number of hydrogen-bond acceptors (Lipinski definition) is 4. The van der Waals surface area contributed by atoms with Gasteiger partial charge in [0.2, 0.25) is 5.91 Å². The third-order valence-corrected chi connectivity index (χ3v) is 3.75. The third kappa shape index (κ3) is 8.65. The van der Waals surface area contributed by atoms with Gasteiger partial charge in [0.05, 0.1) is 6.04 Å². The fraction of sp³-hybridized carbons (Fsp3) is 0.550. The Labute approximate surface area is 155 Å². The zero-order chi connectivity index (χ0) is 19.5. The molecule has 0 bridgehead atoms. The van der Waals surface area contributed by atoms with E-state index >= 15 is 0 Å². The van der Waals surface area contributed by atoms with Crippen LogP contribution in [0.2, 0.25) is 0 Å². The van der Waals surface area contributed by atoms with Crippen LogP contribution in [0.5, 0.6) is 0 Å². The molecule has 0 unspecified atom stereocenters. The number of carbonyl (C=O) groups excluding carboxylic acids is 3. The van der Waals surface area contributed by atoms with Crippen LogP contribution in [0, 0.1) is 11.8 Å². The molecular formula is C20H30N2O4. The molecule has 0 saturated heterocycles. The lowest BCUT2D eigenvalue weighted by atomic mass is 10.0. The van der Waals surface area contributed by atoms with E-state index in [-0.39, 0.29) is 24.3 Å². The minimum atomic E-state index is -0.743. The summed E-state index contributed by atoms with van der Waals surface area (Å²) in [5.74, 6) is 0.103. The van der Waals surface area contributed by atoms with Gasteiger partial charge in [-0.2, -0.15) is 0 Å². The number of carbonyl (C=O) groups is 3. The van der Waals surface area contributed by atoms with E-state index in [2.05, 4.69) is 10.6 Å². The van der Waals surface area contributed by atoms with E-state index in [0.29, 0.717) is 12.8 Å². The molecule has 0 aliphatic carbocycles. The van der Waals surface area contributed by atoms with E-state index in [1.165, 1.54) is 0 Å². The van der Waals surface area contributed by atoms with Crippen LogP contribution in [0.15, 0.2) is 30.3 Å². The monoisotopic (exact) mass is 362 g/mol. The van der Waals surface area contributed by atoms with Crippen LogP contribution in [0.3, 0.4) is 0 Å². The van der Waals surface area contributed by atoms with Crippen molar-refractivity contribution >= 4 is 18.3 Å². The Morgan fingerprint density at radius 1 is 1.00 bits per heavy atom. The van der Waals surface area contributed by atoms with Gasteiger partial charge in [0.25, 0.3) is 0 Å². The fourth-order valence-electron chi connectivity index (χ4n) is 2.55. The van der Waals surface area contributed by atoms with Crippen molar-refractivity contribution < 1.29 is 19.1 Å². The van der Waals surface area contributed by atoms with Crippen LogP contribution in [0.1, 0.15) is 46.1 Å². The Bertz CT molecular complexity index is 572. The fourth-order valence-corrected chi connectivity index (χ4v) is 2.55. The van der Waals surface area contributed by atoms with Crippen LogP contribution in [0.4, 0.5) is 4.79 Å². The number of hydrogen-bond donors (Lipinski definition) is 2. The molecule has 0 radical (unpaired) electrons. The van der Waals surface area contributed by atoms with E-state index in [0.717, 1.165) is 11.8 Å². The highest BCUT2D eigenvalue weighted by Crippen LogP contribution is 2.08. The van der Waals surface area contributed by atoms with Crippen molar-refractivity contribution in [2.24, 2.45) is 11.8 Å². The van der Waals surface area contributed by atoms with E-state index < -0.39 is 18.2 Å². The van der Waals surface area contributed by atoms with Gasteiger partial charge in [0, 0.05) is 0 Å². The number of rotatable bonds is 10. The SMILES string of the molecule is CC(C)C[C@H](NC(=O)OCc1ccccc1)C(=O)N[C@@H](C=O)CC(C)C. The van der Waals surface area contributed by atoms with Gasteiger partial charge in [-0.25, -0.2) is 4.79 Å². The zero-order valence-electron chi connectivity index (χ0n) is 16.0. The predicted molar refractivity (Wildman–Crippen MR) is 100 cm³/mol. The van der Waals surface area contributed by atoms with E-state index in [4.69, 9.17) is 4.74 Å². The Balaban J connectivity index is 2.62. The number of nitrogens with one attached hydrogen (secondary N) is 2. The molecule has 2 atom stereocenters. The van der Waals surface area contributed by atoms with E-state index in [1.54, 1.807) is 0 Å². The maximum Gasteiger partial charge on any atom is 0.408 e. The van der Waals surface area contributed by atoms with Gasteiger partial charge in [0.1, 0.15) is 18.9 Å². The van der Waals surface area contributed by atoms with Crippen LogP contribution >= 0.6 is 0 Å².